The highest BCUT2D eigenvalue weighted by Crippen LogP contribution is 2.15. The van der Waals surface area contributed by atoms with Gasteiger partial charge >= 0.3 is 0 Å². The second-order valence-electron chi connectivity index (χ2n) is 5.72. The third kappa shape index (κ3) is 6.27. The number of aromatic nitrogens is 1. The molecule has 0 bridgehead atoms. The van der Waals surface area contributed by atoms with Crippen LogP contribution in [0.5, 0.6) is 11.6 Å². The molecular formula is C20H28N4O2. The van der Waals surface area contributed by atoms with Crippen LogP contribution < -0.4 is 20.1 Å². The monoisotopic (exact) mass is 356 g/mol. The van der Waals surface area contributed by atoms with E-state index in [0.717, 1.165) is 35.8 Å². The summed E-state index contributed by atoms with van der Waals surface area (Å²) in [5.41, 5.74) is 2.10. The molecule has 1 heterocycles. The highest BCUT2D eigenvalue weighted by atomic mass is 16.5. The molecular weight excluding hydrogens is 328 g/mol. The predicted molar refractivity (Wildman–Crippen MR) is 105 cm³/mol. The van der Waals surface area contributed by atoms with E-state index in [1.165, 1.54) is 0 Å². The first kappa shape index (κ1) is 19.6. The van der Waals surface area contributed by atoms with Crippen molar-refractivity contribution in [1.29, 1.82) is 0 Å². The Balaban J connectivity index is 2.01. The third-order valence-electron chi connectivity index (χ3n) is 3.64. The molecule has 0 unspecified atom stereocenters. The topological polar surface area (TPSA) is 67.8 Å². The number of ether oxygens (including phenoxy) is 2. The molecule has 0 atom stereocenters. The maximum Gasteiger partial charge on any atom is 0.218 e. The van der Waals surface area contributed by atoms with Gasteiger partial charge in [-0.3, -0.25) is 0 Å². The van der Waals surface area contributed by atoms with Gasteiger partial charge in [0.15, 0.2) is 5.96 Å². The first-order chi connectivity index (χ1) is 12.8. The van der Waals surface area contributed by atoms with Gasteiger partial charge in [-0.05, 0) is 37.1 Å². The molecule has 140 valence electrons. The first-order valence-electron chi connectivity index (χ1n) is 8.98. The van der Waals surface area contributed by atoms with Crippen LogP contribution in [0.1, 0.15) is 31.4 Å². The second kappa shape index (κ2) is 11.0. The highest BCUT2D eigenvalue weighted by Gasteiger charge is 2.06. The molecule has 1 aromatic carbocycles. The number of methoxy groups -OCH3 is 1. The van der Waals surface area contributed by atoms with E-state index in [9.17, 15) is 0 Å². The molecule has 2 aromatic rings. The van der Waals surface area contributed by atoms with Crippen LogP contribution in [0, 0.1) is 0 Å². The molecule has 0 fully saturated rings. The zero-order chi connectivity index (χ0) is 18.6. The van der Waals surface area contributed by atoms with Gasteiger partial charge in [0.2, 0.25) is 5.88 Å². The van der Waals surface area contributed by atoms with E-state index in [-0.39, 0.29) is 0 Å². The Bertz CT molecular complexity index is 704. The van der Waals surface area contributed by atoms with Crippen molar-refractivity contribution in [2.75, 3.05) is 20.3 Å². The van der Waals surface area contributed by atoms with Gasteiger partial charge in [-0.2, -0.15) is 0 Å². The molecule has 0 amide bonds. The zero-order valence-electron chi connectivity index (χ0n) is 15.8. The fourth-order valence-corrected chi connectivity index (χ4v) is 2.35. The number of nitrogens with zero attached hydrogens (tertiary/aromatic N) is 2. The van der Waals surface area contributed by atoms with Crippen molar-refractivity contribution in [3.05, 3.63) is 53.7 Å². The van der Waals surface area contributed by atoms with Crippen LogP contribution in [0.4, 0.5) is 0 Å². The smallest absolute Gasteiger partial charge is 0.218 e. The zero-order valence-corrected chi connectivity index (χ0v) is 15.8. The SMILES string of the molecule is CCCOc1ncccc1CNC(=NCc1cccc(OC)c1)NCC. The van der Waals surface area contributed by atoms with Gasteiger partial charge < -0.3 is 20.1 Å². The summed E-state index contributed by atoms with van der Waals surface area (Å²) >= 11 is 0. The van der Waals surface area contributed by atoms with E-state index >= 15 is 0 Å². The van der Waals surface area contributed by atoms with Gasteiger partial charge in [0.05, 0.1) is 20.3 Å². The number of benzene rings is 1. The van der Waals surface area contributed by atoms with E-state index in [1.54, 1.807) is 13.3 Å². The molecule has 2 N–H and O–H groups in total. The number of guanidine groups is 1. The van der Waals surface area contributed by atoms with Crippen LogP contribution in [0.3, 0.4) is 0 Å². The normalized spacial score (nSPS) is 11.1. The molecule has 0 radical (unpaired) electrons. The van der Waals surface area contributed by atoms with Crippen molar-refractivity contribution in [2.45, 2.75) is 33.4 Å². The molecule has 1 aromatic heterocycles. The fraction of sp³-hybridized carbons (Fsp3) is 0.400. The molecule has 0 saturated heterocycles. The summed E-state index contributed by atoms with van der Waals surface area (Å²) in [6.07, 6.45) is 2.70. The largest absolute Gasteiger partial charge is 0.497 e. The van der Waals surface area contributed by atoms with E-state index in [4.69, 9.17) is 9.47 Å². The summed E-state index contributed by atoms with van der Waals surface area (Å²) in [7, 11) is 1.67. The highest BCUT2D eigenvalue weighted by molar-refractivity contribution is 5.79. The van der Waals surface area contributed by atoms with Gasteiger partial charge in [-0.1, -0.05) is 25.1 Å². The standard InChI is InChI=1S/C20H28N4O2/c1-4-12-26-19-17(9-7-11-22-19)15-24-20(21-5-2)23-14-16-8-6-10-18(13-16)25-3/h6-11,13H,4-5,12,14-15H2,1-3H3,(H2,21,23,24). The van der Waals surface area contributed by atoms with Crippen molar-refractivity contribution < 1.29 is 9.47 Å². The summed E-state index contributed by atoms with van der Waals surface area (Å²) in [6, 6.07) is 11.8. The third-order valence-corrected chi connectivity index (χ3v) is 3.64. The lowest BCUT2D eigenvalue weighted by molar-refractivity contribution is 0.301. The number of nitrogens with one attached hydrogen (secondary N) is 2. The van der Waals surface area contributed by atoms with Gasteiger partial charge in [0.1, 0.15) is 5.75 Å². The number of pyridine rings is 1. The minimum Gasteiger partial charge on any atom is -0.497 e. The van der Waals surface area contributed by atoms with Crippen LogP contribution in [-0.2, 0) is 13.1 Å². The van der Waals surface area contributed by atoms with E-state index in [1.807, 2.05) is 43.3 Å². The van der Waals surface area contributed by atoms with Crippen molar-refractivity contribution in [3.63, 3.8) is 0 Å². The van der Waals surface area contributed by atoms with Crippen molar-refractivity contribution in [2.24, 2.45) is 4.99 Å². The Hall–Kier alpha value is -2.76. The van der Waals surface area contributed by atoms with Crippen molar-refractivity contribution >= 4 is 5.96 Å². The Morgan fingerprint density at radius 1 is 1.15 bits per heavy atom. The van der Waals surface area contributed by atoms with Crippen LogP contribution in [0.15, 0.2) is 47.6 Å². The summed E-state index contributed by atoms with van der Waals surface area (Å²) in [6.45, 7) is 6.73. The average Bonchev–Trinajstić information content (AvgIpc) is 2.69. The first-order valence-corrected chi connectivity index (χ1v) is 8.98. The van der Waals surface area contributed by atoms with Gasteiger partial charge in [-0.15, -0.1) is 0 Å². The van der Waals surface area contributed by atoms with Crippen molar-refractivity contribution in [1.82, 2.24) is 15.6 Å². The average molecular weight is 356 g/mol. The van der Waals surface area contributed by atoms with Gasteiger partial charge in [-0.25, -0.2) is 9.98 Å². The Morgan fingerprint density at radius 2 is 2.04 bits per heavy atom. The summed E-state index contributed by atoms with van der Waals surface area (Å²) < 4.78 is 11.0. The van der Waals surface area contributed by atoms with Crippen LogP contribution in [-0.4, -0.2) is 31.2 Å². The maximum atomic E-state index is 5.71. The van der Waals surface area contributed by atoms with Crippen LogP contribution >= 0.6 is 0 Å². The molecule has 6 nitrogen and oxygen atoms in total. The van der Waals surface area contributed by atoms with Crippen LogP contribution in [0.2, 0.25) is 0 Å². The lowest BCUT2D eigenvalue weighted by atomic mass is 10.2. The Kier molecular flexibility index (Phi) is 8.26. The lowest BCUT2D eigenvalue weighted by Gasteiger charge is -2.13. The van der Waals surface area contributed by atoms with E-state index < -0.39 is 0 Å². The molecule has 0 aliphatic heterocycles. The summed E-state index contributed by atoms with van der Waals surface area (Å²) in [4.78, 5) is 8.96. The molecule has 0 saturated carbocycles. The van der Waals surface area contributed by atoms with E-state index in [0.29, 0.717) is 25.6 Å². The van der Waals surface area contributed by atoms with Gasteiger partial charge in [0, 0.05) is 24.8 Å². The predicted octanol–water partition coefficient (Wildman–Crippen LogP) is 3.13. The maximum absolute atomic E-state index is 5.71. The molecule has 0 aliphatic carbocycles. The number of hydrogen-bond donors (Lipinski definition) is 2. The molecule has 6 heteroatoms. The minimum absolute atomic E-state index is 0.568. The summed E-state index contributed by atoms with van der Waals surface area (Å²) in [5, 5.41) is 6.60. The number of hydrogen-bond acceptors (Lipinski definition) is 4. The fourth-order valence-electron chi connectivity index (χ4n) is 2.35. The Labute approximate surface area is 155 Å². The number of rotatable bonds is 9. The second-order valence-corrected chi connectivity index (χ2v) is 5.72. The molecule has 26 heavy (non-hydrogen) atoms. The summed E-state index contributed by atoms with van der Waals surface area (Å²) in [5.74, 6) is 2.26. The molecule has 0 spiro atoms. The lowest BCUT2D eigenvalue weighted by Crippen LogP contribution is -2.36. The molecule has 0 aliphatic rings. The number of aliphatic imine (C=N–C) groups is 1. The van der Waals surface area contributed by atoms with Crippen LogP contribution in [0.25, 0.3) is 0 Å². The Morgan fingerprint density at radius 3 is 2.81 bits per heavy atom. The van der Waals surface area contributed by atoms with Crippen molar-refractivity contribution in [3.8, 4) is 11.6 Å². The quantitative estimate of drug-likeness (QED) is 0.534. The minimum atomic E-state index is 0.568. The van der Waals surface area contributed by atoms with Gasteiger partial charge in [0.25, 0.3) is 0 Å². The molecule has 2 rings (SSSR count). The van der Waals surface area contributed by atoms with E-state index in [2.05, 4.69) is 27.5 Å².